The first kappa shape index (κ1) is 37.2. The molecule has 10 nitrogen and oxygen atoms in total. The van der Waals surface area contributed by atoms with Crippen LogP contribution in [-0.2, 0) is 10.8 Å². The van der Waals surface area contributed by atoms with Crippen LogP contribution in [0.25, 0.3) is 33.4 Å². The zero-order valence-corrected chi connectivity index (χ0v) is 29.9. The molecule has 0 aliphatic heterocycles. The summed E-state index contributed by atoms with van der Waals surface area (Å²) in [6.07, 6.45) is 0. The first-order chi connectivity index (χ1) is 23.1. The largest absolute Gasteiger partial charge is 0.496 e. The van der Waals surface area contributed by atoms with Gasteiger partial charge in [-0.15, -0.1) is 0 Å². The lowest BCUT2D eigenvalue weighted by molar-refractivity contribution is 0.0676. The van der Waals surface area contributed by atoms with E-state index in [0.717, 1.165) is 23.3 Å². The van der Waals surface area contributed by atoms with Gasteiger partial charge in [0.05, 0.1) is 36.5 Å². The smallest absolute Gasteiger partial charge is 0.335 e. The van der Waals surface area contributed by atoms with E-state index in [2.05, 4.69) is 0 Å². The minimum atomic E-state index is -1.28. The Labute approximate surface area is 290 Å². The van der Waals surface area contributed by atoms with Gasteiger partial charge >= 0.3 is 23.9 Å². The molecular formula is C40H42O10. The Morgan fingerprint density at radius 1 is 0.480 bits per heavy atom. The molecule has 0 aliphatic rings. The monoisotopic (exact) mass is 682 g/mol. The van der Waals surface area contributed by atoms with E-state index >= 15 is 0 Å². The maximum Gasteiger partial charge on any atom is 0.335 e. The molecule has 0 heterocycles. The molecule has 4 rings (SSSR count). The van der Waals surface area contributed by atoms with Gasteiger partial charge in [0.15, 0.2) is 0 Å². The van der Waals surface area contributed by atoms with Gasteiger partial charge < -0.3 is 29.9 Å². The fourth-order valence-corrected chi connectivity index (χ4v) is 6.32. The van der Waals surface area contributed by atoms with Crippen molar-refractivity contribution in [2.45, 2.75) is 66.2 Å². The Morgan fingerprint density at radius 3 is 0.940 bits per heavy atom. The summed E-state index contributed by atoms with van der Waals surface area (Å²) in [4.78, 5) is 48.5. The van der Waals surface area contributed by atoms with Gasteiger partial charge in [-0.1, -0.05) is 41.5 Å². The second-order valence-corrected chi connectivity index (χ2v) is 14.3. The van der Waals surface area contributed by atoms with Crippen LogP contribution in [0.4, 0.5) is 0 Å². The van der Waals surface area contributed by atoms with Crippen molar-refractivity contribution in [2.24, 2.45) is 0 Å². The van der Waals surface area contributed by atoms with E-state index in [1.807, 2.05) is 67.5 Å². The van der Waals surface area contributed by atoms with Gasteiger partial charge in [-0.2, -0.15) is 0 Å². The van der Waals surface area contributed by atoms with Gasteiger partial charge in [0, 0.05) is 22.3 Å². The van der Waals surface area contributed by atoms with Crippen molar-refractivity contribution in [3.63, 3.8) is 0 Å². The third-order valence-electron chi connectivity index (χ3n) is 8.83. The van der Waals surface area contributed by atoms with Crippen LogP contribution in [0.15, 0.2) is 48.5 Å². The summed E-state index contributed by atoms with van der Waals surface area (Å²) in [5.41, 5.74) is 4.05. The summed E-state index contributed by atoms with van der Waals surface area (Å²) in [5.74, 6) is -4.09. The number of hydrogen-bond acceptors (Lipinski definition) is 6. The standard InChI is InChI=1S/C40H42O10/c1-19-27(21-11-23(35(41)42)15-24(12-21)36(43)44)17-29(39(3,4)5)33(49-9)31(19)32-20(2)28(18-30(34(32)50-10)40(6,7)8)22-13-25(37(45)46)16-26(14-22)38(47)48/h11-18H,1-10H3,(H,41,42)(H,43,44)(H,45,46)(H,47,48). The number of benzene rings is 4. The maximum atomic E-state index is 12.1. The topological polar surface area (TPSA) is 168 Å². The molecule has 10 heteroatoms. The van der Waals surface area contributed by atoms with E-state index in [1.54, 1.807) is 14.2 Å². The molecule has 262 valence electrons. The zero-order chi connectivity index (χ0) is 37.6. The van der Waals surface area contributed by atoms with E-state index in [0.29, 0.717) is 56.0 Å². The van der Waals surface area contributed by atoms with Gasteiger partial charge in [-0.3, -0.25) is 0 Å². The average Bonchev–Trinajstić information content (AvgIpc) is 3.02. The Morgan fingerprint density at radius 2 is 0.740 bits per heavy atom. The fraction of sp³-hybridized carbons (Fsp3) is 0.300. The predicted octanol–water partition coefficient (Wildman–Crippen LogP) is 8.71. The number of ether oxygens (including phenoxy) is 2. The summed E-state index contributed by atoms with van der Waals surface area (Å²) in [6, 6.07) is 11.7. The van der Waals surface area contributed by atoms with Crippen molar-refractivity contribution >= 4 is 23.9 Å². The van der Waals surface area contributed by atoms with Gasteiger partial charge in [0.1, 0.15) is 11.5 Å². The maximum absolute atomic E-state index is 12.1. The van der Waals surface area contributed by atoms with Gasteiger partial charge in [-0.05, 0) is 107 Å². The number of hydrogen-bond donors (Lipinski definition) is 4. The summed E-state index contributed by atoms with van der Waals surface area (Å²) >= 11 is 0. The van der Waals surface area contributed by atoms with Gasteiger partial charge in [0.25, 0.3) is 0 Å². The molecule has 0 saturated heterocycles. The molecule has 0 unspecified atom stereocenters. The molecule has 4 N–H and O–H groups in total. The molecule has 0 saturated carbocycles. The molecule has 0 aliphatic carbocycles. The molecule has 0 fully saturated rings. The molecule has 4 aromatic rings. The summed E-state index contributed by atoms with van der Waals surface area (Å²) in [7, 11) is 3.10. The van der Waals surface area contributed by atoms with Crippen molar-refractivity contribution in [3.8, 4) is 44.9 Å². The second-order valence-electron chi connectivity index (χ2n) is 14.3. The van der Waals surface area contributed by atoms with Gasteiger partial charge in [0.2, 0.25) is 0 Å². The minimum Gasteiger partial charge on any atom is -0.496 e. The van der Waals surface area contributed by atoms with Crippen molar-refractivity contribution in [3.05, 3.63) is 93.0 Å². The van der Waals surface area contributed by atoms with Crippen LogP contribution in [0.3, 0.4) is 0 Å². The summed E-state index contributed by atoms with van der Waals surface area (Å²) in [6.45, 7) is 15.6. The highest BCUT2D eigenvalue weighted by Crippen LogP contribution is 2.53. The lowest BCUT2D eigenvalue weighted by Gasteiger charge is -2.31. The highest BCUT2D eigenvalue weighted by molar-refractivity contribution is 6.00. The molecule has 0 aromatic heterocycles. The van der Waals surface area contributed by atoms with Crippen LogP contribution in [0.1, 0.15) is 105 Å². The highest BCUT2D eigenvalue weighted by Gasteiger charge is 2.32. The number of methoxy groups -OCH3 is 2. The van der Waals surface area contributed by atoms with E-state index in [4.69, 9.17) is 9.47 Å². The lowest BCUT2D eigenvalue weighted by atomic mass is 9.76. The van der Waals surface area contributed by atoms with Crippen LogP contribution < -0.4 is 9.47 Å². The molecule has 50 heavy (non-hydrogen) atoms. The minimum absolute atomic E-state index is 0.188. The summed E-state index contributed by atoms with van der Waals surface area (Å²) < 4.78 is 12.4. The van der Waals surface area contributed by atoms with Crippen LogP contribution >= 0.6 is 0 Å². The molecule has 0 bridgehead atoms. The molecule has 4 aromatic carbocycles. The predicted molar refractivity (Wildman–Crippen MR) is 191 cm³/mol. The lowest BCUT2D eigenvalue weighted by Crippen LogP contribution is -2.17. The van der Waals surface area contributed by atoms with Gasteiger partial charge in [-0.25, -0.2) is 19.2 Å². The zero-order valence-electron chi connectivity index (χ0n) is 29.9. The molecular weight excluding hydrogens is 640 g/mol. The van der Waals surface area contributed by atoms with E-state index in [9.17, 15) is 39.6 Å². The summed E-state index contributed by atoms with van der Waals surface area (Å²) in [5, 5.41) is 39.5. The van der Waals surface area contributed by atoms with E-state index in [1.165, 1.54) is 24.3 Å². The normalized spacial score (nSPS) is 11.6. The van der Waals surface area contributed by atoms with Crippen LogP contribution in [-0.4, -0.2) is 58.5 Å². The second kappa shape index (κ2) is 13.3. The molecule has 0 radical (unpaired) electrons. The fourth-order valence-electron chi connectivity index (χ4n) is 6.32. The Bertz CT molecular complexity index is 1860. The van der Waals surface area contributed by atoms with Crippen molar-refractivity contribution in [2.75, 3.05) is 14.2 Å². The van der Waals surface area contributed by atoms with Crippen LogP contribution in [0.5, 0.6) is 11.5 Å². The third-order valence-corrected chi connectivity index (χ3v) is 8.83. The highest BCUT2D eigenvalue weighted by atomic mass is 16.5. The Hall–Kier alpha value is -5.64. The number of carboxylic acid groups (broad SMARTS) is 4. The average molecular weight is 683 g/mol. The van der Waals surface area contributed by atoms with Crippen LogP contribution in [0.2, 0.25) is 0 Å². The number of carboxylic acids is 4. The number of rotatable bonds is 9. The molecule has 0 atom stereocenters. The first-order valence-electron chi connectivity index (χ1n) is 15.8. The third kappa shape index (κ3) is 6.92. The Kier molecular flexibility index (Phi) is 9.92. The molecule has 0 amide bonds. The van der Waals surface area contributed by atoms with E-state index < -0.39 is 34.7 Å². The van der Waals surface area contributed by atoms with Crippen molar-refractivity contribution in [1.29, 1.82) is 0 Å². The van der Waals surface area contributed by atoms with Crippen molar-refractivity contribution in [1.82, 2.24) is 0 Å². The van der Waals surface area contributed by atoms with Crippen LogP contribution in [0, 0.1) is 13.8 Å². The quantitative estimate of drug-likeness (QED) is 0.134. The Balaban J connectivity index is 2.32. The SMILES string of the molecule is COc1c(C(C)(C)C)cc(-c2cc(C(=O)O)cc(C(=O)O)c2)c(C)c1-c1c(C)c(-c2cc(C(=O)O)cc(C(=O)O)c2)cc(C(C)(C)C)c1OC. The first-order valence-corrected chi connectivity index (χ1v) is 15.8. The number of aromatic carboxylic acids is 4. The van der Waals surface area contributed by atoms with Crippen molar-refractivity contribution < 1.29 is 49.1 Å². The van der Waals surface area contributed by atoms with E-state index in [-0.39, 0.29) is 22.3 Å². The number of carbonyl (C=O) groups is 4. The molecule has 0 spiro atoms.